The zero-order valence-corrected chi connectivity index (χ0v) is 15.8. The van der Waals surface area contributed by atoms with Gasteiger partial charge in [0.1, 0.15) is 12.2 Å². The van der Waals surface area contributed by atoms with E-state index < -0.39 is 30.2 Å². The van der Waals surface area contributed by atoms with Crippen molar-refractivity contribution in [3.63, 3.8) is 0 Å². The van der Waals surface area contributed by atoms with Crippen LogP contribution < -0.4 is 9.47 Å². The van der Waals surface area contributed by atoms with Crippen LogP contribution in [0.5, 0.6) is 11.6 Å². The molecule has 0 radical (unpaired) electrons. The molecule has 7 nitrogen and oxygen atoms in total. The molecule has 4 rings (SSSR count). The van der Waals surface area contributed by atoms with Crippen LogP contribution in [0.2, 0.25) is 0 Å². The van der Waals surface area contributed by atoms with Gasteiger partial charge in [-0.1, -0.05) is 6.07 Å². The lowest BCUT2D eigenvalue weighted by molar-refractivity contribution is -0.897. The van der Waals surface area contributed by atoms with Gasteiger partial charge < -0.3 is 4.74 Å². The molecule has 0 atom stereocenters. The van der Waals surface area contributed by atoms with E-state index in [1.807, 2.05) is 0 Å². The number of ether oxygens (including phenoxy) is 1. The van der Waals surface area contributed by atoms with Crippen molar-refractivity contribution >= 4 is 10.9 Å². The average Bonchev–Trinajstić information content (AvgIpc) is 3.09. The van der Waals surface area contributed by atoms with Crippen LogP contribution >= 0.6 is 0 Å². The highest BCUT2D eigenvalue weighted by Gasteiger charge is 2.57. The number of halogens is 6. The minimum atomic E-state index is -5.75. The first-order chi connectivity index (χ1) is 15.0. The molecule has 0 unspecified atom stereocenters. The van der Waals surface area contributed by atoms with Crippen molar-refractivity contribution in [1.82, 2.24) is 19.7 Å². The second-order valence-corrected chi connectivity index (χ2v) is 6.62. The Balaban J connectivity index is 1.66. The molecule has 0 saturated heterocycles. The summed E-state index contributed by atoms with van der Waals surface area (Å²) >= 11 is 0. The standard InChI is InChI=1S/C19H12F6N5O2/c20-13-6-12(32-16-3-1-2-4-26-16)9-30(31)17(13)14-5-11-7-28-29(15(11)8-27-14)10-18(21,22)19(23,24)25/h1-9,31H,10H2/q+1. The molecule has 4 aromatic heterocycles. The van der Waals surface area contributed by atoms with Crippen LogP contribution in [0.1, 0.15) is 0 Å². The van der Waals surface area contributed by atoms with Crippen LogP contribution in [-0.4, -0.2) is 37.1 Å². The Bertz CT molecular complexity index is 1250. The third kappa shape index (κ3) is 4.00. The van der Waals surface area contributed by atoms with E-state index in [-0.39, 0.29) is 28.2 Å². The third-order valence-corrected chi connectivity index (χ3v) is 4.37. The molecule has 4 aromatic rings. The number of alkyl halides is 5. The lowest BCUT2D eigenvalue weighted by Crippen LogP contribution is -2.40. The van der Waals surface area contributed by atoms with Crippen LogP contribution in [0.25, 0.3) is 22.3 Å². The van der Waals surface area contributed by atoms with Crippen molar-refractivity contribution in [3.8, 4) is 23.0 Å². The van der Waals surface area contributed by atoms with Gasteiger partial charge in [-0.15, -0.1) is 0 Å². The minimum absolute atomic E-state index is 0.0734. The molecule has 0 aromatic carbocycles. The van der Waals surface area contributed by atoms with E-state index >= 15 is 0 Å². The number of aromatic nitrogens is 5. The Kier molecular flexibility index (Phi) is 5.11. The molecule has 166 valence electrons. The fourth-order valence-corrected chi connectivity index (χ4v) is 2.86. The molecule has 4 heterocycles. The van der Waals surface area contributed by atoms with Gasteiger partial charge in [-0.2, -0.15) is 31.4 Å². The van der Waals surface area contributed by atoms with Crippen LogP contribution in [0, 0.1) is 5.82 Å². The van der Waals surface area contributed by atoms with Gasteiger partial charge in [-0.3, -0.25) is 9.89 Å². The highest BCUT2D eigenvalue weighted by atomic mass is 19.4. The highest BCUT2D eigenvalue weighted by Crippen LogP contribution is 2.37. The summed E-state index contributed by atoms with van der Waals surface area (Å²) in [5.74, 6) is -5.87. The van der Waals surface area contributed by atoms with Gasteiger partial charge in [0.2, 0.25) is 17.4 Å². The van der Waals surface area contributed by atoms with Crippen molar-refractivity contribution < 1.29 is 41.0 Å². The van der Waals surface area contributed by atoms with E-state index in [4.69, 9.17) is 4.74 Å². The molecule has 0 fully saturated rings. The Morgan fingerprint density at radius 2 is 1.84 bits per heavy atom. The van der Waals surface area contributed by atoms with Crippen LogP contribution in [0.4, 0.5) is 26.3 Å². The summed E-state index contributed by atoms with van der Waals surface area (Å²) in [7, 11) is 0. The fraction of sp³-hybridized carbons (Fsp3) is 0.158. The summed E-state index contributed by atoms with van der Waals surface area (Å²) in [6.45, 7) is -1.74. The molecule has 0 aliphatic heterocycles. The Hall–Kier alpha value is -3.90. The van der Waals surface area contributed by atoms with Crippen molar-refractivity contribution in [2.24, 2.45) is 0 Å². The first-order valence-corrected chi connectivity index (χ1v) is 8.85. The summed E-state index contributed by atoms with van der Waals surface area (Å²) < 4.78 is 85.0. The van der Waals surface area contributed by atoms with Crippen molar-refractivity contribution in [2.75, 3.05) is 0 Å². The second-order valence-electron chi connectivity index (χ2n) is 6.62. The van der Waals surface area contributed by atoms with Gasteiger partial charge in [0.05, 0.1) is 17.9 Å². The normalized spacial score (nSPS) is 12.3. The lowest BCUT2D eigenvalue weighted by Gasteiger charge is -2.19. The van der Waals surface area contributed by atoms with Crippen molar-refractivity contribution in [3.05, 3.63) is 60.9 Å². The maximum Gasteiger partial charge on any atom is 0.455 e. The van der Waals surface area contributed by atoms with Crippen molar-refractivity contribution in [1.29, 1.82) is 0 Å². The average molecular weight is 456 g/mol. The zero-order valence-electron chi connectivity index (χ0n) is 15.8. The number of fused-ring (bicyclic) bond motifs is 1. The molecule has 0 bridgehead atoms. The largest absolute Gasteiger partial charge is 0.455 e. The zero-order chi connectivity index (χ0) is 23.1. The number of pyridine rings is 3. The van der Waals surface area contributed by atoms with E-state index in [9.17, 15) is 31.5 Å². The van der Waals surface area contributed by atoms with Crippen molar-refractivity contribution in [2.45, 2.75) is 18.6 Å². The summed E-state index contributed by atoms with van der Waals surface area (Å²) in [4.78, 5) is 7.79. The predicted octanol–water partition coefficient (Wildman–Crippen LogP) is 4.15. The summed E-state index contributed by atoms with van der Waals surface area (Å²) in [6.07, 6.45) is -1.25. The summed E-state index contributed by atoms with van der Waals surface area (Å²) in [5, 5.41) is 13.9. The van der Waals surface area contributed by atoms with Gasteiger partial charge in [0.15, 0.2) is 0 Å². The fourth-order valence-electron chi connectivity index (χ4n) is 2.86. The van der Waals surface area contributed by atoms with Gasteiger partial charge in [-0.05, 0) is 12.1 Å². The number of rotatable bonds is 5. The SMILES string of the molecule is O[n+]1cc(Oc2ccccn2)cc(F)c1-c1cc2cnn(CC(F)(F)C(F)(F)F)c2cn1. The van der Waals surface area contributed by atoms with Gasteiger partial charge in [0.25, 0.3) is 6.20 Å². The monoisotopic (exact) mass is 456 g/mol. The van der Waals surface area contributed by atoms with E-state index in [1.54, 1.807) is 12.1 Å². The van der Waals surface area contributed by atoms with Gasteiger partial charge >= 0.3 is 17.8 Å². The first kappa shape index (κ1) is 21.3. The van der Waals surface area contributed by atoms with Crippen LogP contribution in [0.15, 0.2) is 55.1 Å². The van der Waals surface area contributed by atoms with E-state index in [1.165, 1.54) is 18.3 Å². The lowest BCUT2D eigenvalue weighted by atomic mass is 10.2. The Morgan fingerprint density at radius 1 is 1.06 bits per heavy atom. The molecule has 1 N–H and O–H groups in total. The molecule has 13 heteroatoms. The maximum absolute atomic E-state index is 14.7. The molecule has 0 amide bonds. The Morgan fingerprint density at radius 3 is 2.50 bits per heavy atom. The molecule has 0 saturated carbocycles. The quantitative estimate of drug-likeness (QED) is 0.278. The number of nitrogens with zero attached hydrogens (tertiary/aromatic N) is 5. The smallest absolute Gasteiger partial charge is 0.432 e. The van der Waals surface area contributed by atoms with Crippen LogP contribution in [-0.2, 0) is 6.54 Å². The second kappa shape index (κ2) is 7.66. The maximum atomic E-state index is 14.7. The summed E-state index contributed by atoms with van der Waals surface area (Å²) in [5.41, 5.74) is -0.643. The third-order valence-electron chi connectivity index (χ3n) is 4.37. The Labute approximate surface area is 175 Å². The van der Waals surface area contributed by atoms with E-state index in [0.717, 1.165) is 24.7 Å². The van der Waals surface area contributed by atoms with Gasteiger partial charge in [-0.25, -0.2) is 9.97 Å². The van der Waals surface area contributed by atoms with E-state index in [0.29, 0.717) is 9.41 Å². The molecular weight excluding hydrogens is 444 g/mol. The molecule has 0 aliphatic carbocycles. The number of hydrogen-bond donors (Lipinski definition) is 1. The highest BCUT2D eigenvalue weighted by molar-refractivity contribution is 5.81. The summed E-state index contributed by atoms with van der Waals surface area (Å²) in [6, 6.07) is 6.97. The first-order valence-electron chi connectivity index (χ1n) is 8.85. The molecule has 0 spiro atoms. The number of hydrogen-bond acceptors (Lipinski definition) is 5. The topological polar surface area (TPSA) is 76.9 Å². The predicted molar refractivity (Wildman–Crippen MR) is 95.6 cm³/mol. The minimum Gasteiger partial charge on any atom is -0.432 e. The molecule has 0 aliphatic rings. The van der Waals surface area contributed by atoms with E-state index in [2.05, 4.69) is 15.1 Å². The molecule has 32 heavy (non-hydrogen) atoms. The molecular formula is C19H12F6N5O2+. The van der Waals surface area contributed by atoms with Gasteiger partial charge in [0, 0.05) is 28.4 Å². The van der Waals surface area contributed by atoms with Crippen LogP contribution in [0.3, 0.4) is 0 Å².